The monoisotopic (exact) mass is 493 g/mol. The standard InChI is InChI=1S/C28H32FN3O4/c1-4-14-36-27(35)28(2,3)31-26(34)22-12-13-32(18-23(22)20-8-6-5-7-9-20)25(33)16-19-10-11-24(29)21(15-19)17-30/h5-11,15,22-23H,4,12-14,16,18H2,1-3H3,(H,31,34)/t22-,23-/m1/s1. The van der Waals surface area contributed by atoms with E-state index in [1.165, 1.54) is 18.2 Å². The quantitative estimate of drug-likeness (QED) is 0.565. The molecule has 36 heavy (non-hydrogen) atoms. The van der Waals surface area contributed by atoms with E-state index in [2.05, 4.69) is 5.32 Å². The molecule has 1 aliphatic heterocycles. The van der Waals surface area contributed by atoms with Crippen molar-refractivity contribution >= 4 is 17.8 Å². The van der Waals surface area contributed by atoms with Crippen molar-refractivity contribution in [3.8, 4) is 6.07 Å². The van der Waals surface area contributed by atoms with Gasteiger partial charge in [0.15, 0.2) is 0 Å². The number of halogens is 1. The predicted molar refractivity (Wildman–Crippen MR) is 132 cm³/mol. The van der Waals surface area contributed by atoms with Crippen LogP contribution in [0.3, 0.4) is 0 Å². The van der Waals surface area contributed by atoms with E-state index in [4.69, 9.17) is 10.00 Å². The van der Waals surface area contributed by atoms with Gasteiger partial charge in [0.25, 0.3) is 0 Å². The molecular weight excluding hydrogens is 461 g/mol. The number of rotatable bonds is 8. The summed E-state index contributed by atoms with van der Waals surface area (Å²) in [5, 5.41) is 11.9. The molecule has 0 saturated carbocycles. The topological polar surface area (TPSA) is 99.5 Å². The lowest BCUT2D eigenvalue weighted by Crippen LogP contribution is -2.55. The van der Waals surface area contributed by atoms with Gasteiger partial charge in [-0.1, -0.05) is 43.3 Å². The first-order chi connectivity index (χ1) is 17.2. The van der Waals surface area contributed by atoms with Gasteiger partial charge < -0.3 is 15.0 Å². The summed E-state index contributed by atoms with van der Waals surface area (Å²) in [6.45, 7) is 6.13. The molecule has 1 N–H and O–H groups in total. The highest BCUT2D eigenvalue weighted by Gasteiger charge is 2.40. The molecule has 0 spiro atoms. The fraction of sp³-hybridized carbons (Fsp3) is 0.429. The first kappa shape index (κ1) is 26.9. The van der Waals surface area contributed by atoms with Crippen LogP contribution in [0.15, 0.2) is 48.5 Å². The second-order valence-electron chi connectivity index (χ2n) is 9.61. The minimum Gasteiger partial charge on any atom is -0.464 e. The number of amides is 2. The smallest absolute Gasteiger partial charge is 0.331 e. The maximum Gasteiger partial charge on any atom is 0.331 e. The van der Waals surface area contributed by atoms with Gasteiger partial charge in [-0.15, -0.1) is 0 Å². The van der Waals surface area contributed by atoms with Gasteiger partial charge in [-0.05, 0) is 49.9 Å². The zero-order valence-corrected chi connectivity index (χ0v) is 20.9. The van der Waals surface area contributed by atoms with E-state index in [-0.39, 0.29) is 36.3 Å². The van der Waals surface area contributed by atoms with Crippen molar-refractivity contribution in [1.29, 1.82) is 5.26 Å². The molecule has 0 radical (unpaired) electrons. The number of hydrogen-bond acceptors (Lipinski definition) is 5. The van der Waals surface area contributed by atoms with E-state index < -0.39 is 23.2 Å². The normalized spacial score (nSPS) is 17.7. The summed E-state index contributed by atoms with van der Waals surface area (Å²) in [4.78, 5) is 40.6. The third-order valence-electron chi connectivity index (χ3n) is 6.42. The van der Waals surface area contributed by atoms with Gasteiger partial charge >= 0.3 is 5.97 Å². The molecule has 0 bridgehead atoms. The van der Waals surface area contributed by atoms with Crippen LogP contribution < -0.4 is 5.32 Å². The minimum absolute atomic E-state index is 0.0314. The van der Waals surface area contributed by atoms with Crippen LogP contribution in [-0.4, -0.2) is 47.9 Å². The number of nitrogens with zero attached hydrogens (tertiary/aromatic N) is 2. The Morgan fingerprint density at radius 3 is 2.58 bits per heavy atom. The van der Waals surface area contributed by atoms with Crippen molar-refractivity contribution in [2.45, 2.75) is 51.5 Å². The van der Waals surface area contributed by atoms with Crippen LogP contribution in [0.4, 0.5) is 4.39 Å². The fourth-order valence-corrected chi connectivity index (χ4v) is 4.41. The lowest BCUT2D eigenvalue weighted by molar-refractivity contribution is -0.153. The molecule has 1 heterocycles. The molecule has 190 valence electrons. The highest BCUT2D eigenvalue weighted by Crippen LogP contribution is 2.33. The van der Waals surface area contributed by atoms with Gasteiger partial charge in [-0.25, -0.2) is 9.18 Å². The van der Waals surface area contributed by atoms with Crippen LogP contribution in [0.5, 0.6) is 0 Å². The molecule has 0 aliphatic carbocycles. The Morgan fingerprint density at radius 2 is 1.92 bits per heavy atom. The number of ether oxygens (including phenoxy) is 1. The van der Waals surface area contributed by atoms with E-state index >= 15 is 0 Å². The maximum absolute atomic E-state index is 13.7. The molecule has 2 amide bonds. The average molecular weight is 494 g/mol. The van der Waals surface area contributed by atoms with Crippen LogP contribution in [-0.2, 0) is 25.5 Å². The van der Waals surface area contributed by atoms with Gasteiger partial charge in [-0.3, -0.25) is 9.59 Å². The summed E-state index contributed by atoms with van der Waals surface area (Å²) < 4.78 is 18.9. The van der Waals surface area contributed by atoms with Crippen molar-refractivity contribution in [3.05, 3.63) is 71.0 Å². The number of esters is 1. The minimum atomic E-state index is -1.18. The fourth-order valence-electron chi connectivity index (χ4n) is 4.41. The SMILES string of the molecule is CCCOC(=O)C(C)(C)NC(=O)[C@@H]1CCN(C(=O)Cc2ccc(F)c(C#N)c2)C[C@@H]1c1ccccc1. The molecule has 3 rings (SSSR count). The zero-order chi connectivity index (χ0) is 26.3. The molecule has 0 aromatic heterocycles. The Balaban J connectivity index is 1.76. The highest BCUT2D eigenvalue weighted by atomic mass is 19.1. The van der Waals surface area contributed by atoms with Crippen LogP contribution in [0.2, 0.25) is 0 Å². The molecule has 1 aliphatic rings. The zero-order valence-electron chi connectivity index (χ0n) is 20.9. The summed E-state index contributed by atoms with van der Waals surface area (Å²) in [6, 6.07) is 15.4. The van der Waals surface area contributed by atoms with E-state index in [1.54, 1.807) is 24.8 Å². The molecule has 2 atom stereocenters. The molecule has 1 saturated heterocycles. The Labute approximate surface area is 211 Å². The lowest BCUT2D eigenvalue weighted by Gasteiger charge is -2.39. The number of benzene rings is 2. The molecule has 1 fully saturated rings. The van der Waals surface area contributed by atoms with Crippen LogP contribution in [0, 0.1) is 23.1 Å². The first-order valence-electron chi connectivity index (χ1n) is 12.2. The van der Waals surface area contributed by atoms with E-state index in [0.29, 0.717) is 31.5 Å². The summed E-state index contributed by atoms with van der Waals surface area (Å²) in [5.74, 6) is -2.23. The van der Waals surface area contributed by atoms with Crippen molar-refractivity contribution in [3.63, 3.8) is 0 Å². The van der Waals surface area contributed by atoms with Crippen molar-refractivity contribution in [2.75, 3.05) is 19.7 Å². The van der Waals surface area contributed by atoms with E-state index in [9.17, 15) is 18.8 Å². The highest BCUT2D eigenvalue weighted by molar-refractivity contribution is 5.89. The van der Waals surface area contributed by atoms with Crippen LogP contribution in [0.25, 0.3) is 0 Å². The number of nitriles is 1. The number of hydrogen-bond donors (Lipinski definition) is 1. The van der Waals surface area contributed by atoms with E-state index in [0.717, 1.165) is 5.56 Å². The Morgan fingerprint density at radius 1 is 1.19 bits per heavy atom. The predicted octanol–water partition coefficient (Wildman–Crippen LogP) is 3.72. The number of carbonyl (C=O) groups is 3. The van der Waals surface area contributed by atoms with Crippen molar-refractivity contribution in [2.24, 2.45) is 5.92 Å². The Bertz CT molecular complexity index is 1140. The lowest BCUT2D eigenvalue weighted by atomic mass is 9.79. The van der Waals surface area contributed by atoms with Gasteiger partial charge in [-0.2, -0.15) is 5.26 Å². The van der Waals surface area contributed by atoms with Gasteiger partial charge in [0, 0.05) is 24.9 Å². The van der Waals surface area contributed by atoms with Gasteiger partial charge in [0.2, 0.25) is 11.8 Å². The summed E-state index contributed by atoms with van der Waals surface area (Å²) in [6.07, 6.45) is 1.14. The molecular formula is C28H32FN3O4. The summed E-state index contributed by atoms with van der Waals surface area (Å²) in [5.41, 5.74) is 0.205. The van der Waals surface area contributed by atoms with E-state index in [1.807, 2.05) is 37.3 Å². The molecule has 8 heteroatoms. The number of piperidine rings is 1. The largest absolute Gasteiger partial charge is 0.464 e. The average Bonchev–Trinajstić information content (AvgIpc) is 2.88. The molecule has 0 unspecified atom stereocenters. The van der Waals surface area contributed by atoms with Crippen molar-refractivity contribution in [1.82, 2.24) is 10.2 Å². The van der Waals surface area contributed by atoms with Crippen molar-refractivity contribution < 1.29 is 23.5 Å². The number of carbonyl (C=O) groups excluding carboxylic acids is 3. The third-order valence-corrected chi connectivity index (χ3v) is 6.42. The number of nitrogens with one attached hydrogen (secondary N) is 1. The second-order valence-corrected chi connectivity index (χ2v) is 9.61. The third kappa shape index (κ3) is 6.48. The van der Waals surface area contributed by atoms with Gasteiger partial charge in [0.05, 0.1) is 18.6 Å². The first-order valence-corrected chi connectivity index (χ1v) is 12.2. The Hall–Kier alpha value is -3.73. The Kier molecular flexibility index (Phi) is 8.81. The maximum atomic E-state index is 13.7. The summed E-state index contributed by atoms with van der Waals surface area (Å²) in [7, 11) is 0. The number of likely N-dealkylation sites (tertiary alicyclic amines) is 1. The van der Waals surface area contributed by atoms with Crippen LogP contribution >= 0.6 is 0 Å². The molecule has 2 aromatic rings. The van der Waals surface area contributed by atoms with Crippen LogP contribution in [0.1, 0.15) is 56.2 Å². The molecule has 2 aromatic carbocycles. The van der Waals surface area contributed by atoms with Gasteiger partial charge in [0.1, 0.15) is 17.4 Å². The molecule has 7 nitrogen and oxygen atoms in total. The second kappa shape index (κ2) is 11.8. The summed E-state index contributed by atoms with van der Waals surface area (Å²) >= 11 is 0.